The zero-order chi connectivity index (χ0) is 11.8. The molecule has 1 aromatic rings. The molecule has 3 heteroatoms. The van der Waals surface area contributed by atoms with Crippen LogP contribution in [0.15, 0.2) is 18.3 Å². The van der Waals surface area contributed by atoms with Crippen LogP contribution in [0, 0.1) is 0 Å². The van der Waals surface area contributed by atoms with Crippen molar-refractivity contribution in [3.63, 3.8) is 0 Å². The summed E-state index contributed by atoms with van der Waals surface area (Å²) in [7, 11) is 0. The first-order chi connectivity index (χ1) is 7.72. The summed E-state index contributed by atoms with van der Waals surface area (Å²) in [5, 5.41) is 3.52. The number of hydrogen-bond acceptors (Lipinski definition) is 3. The first-order valence-electron chi connectivity index (χ1n) is 6.16. The summed E-state index contributed by atoms with van der Waals surface area (Å²) >= 11 is 0. The van der Waals surface area contributed by atoms with Crippen LogP contribution in [0.5, 0.6) is 0 Å². The fourth-order valence-corrected chi connectivity index (χ4v) is 1.59. The standard InChI is InChI=1S/C13H23N3/c1-3-4-9-15-11(2)5-6-12-7-8-13(14)16-10-12/h7-8,10-11,15H,3-6,9H2,1-2H3,(H2,14,16). The van der Waals surface area contributed by atoms with Crippen LogP contribution in [0.2, 0.25) is 0 Å². The molecule has 1 unspecified atom stereocenters. The van der Waals surface area contributed by atoms with E-state index in [0.29, 0.717) is 11.9 Å². The number of unbranched alkanes of at least 4 members (excludes halogenated alkanes) is 1. The van der Waals surface area contributed by atoms with E-state index in [2.05, 4.69) is 30.2 Å². The van der Waals surface area contributed by atoms with Crippen LogP contribution in [0.3, 0.4) is 0 Å². The van der Waals surface area contributed by atoms with Crippen LogP contribution in [-0.4, -0.2) is 17.6 Å². The van der Waals surface area contributed by atoms with Crippen molar-refractivity contribution in [3.05, 3.63) is 23.9 Å². The van der Waals surface area contributed by atoms with Gasteiger partial charge in [-0.25, -0.2) is 4.98 Å². The normalized spacial score (nSPS) is 12.6. The number of nitrogens with one attached hydrogen (secondary N) is 1. The van der Waals surface area contributed by atoms with Crippen LogP contribution >= 0.6 is 0 Å². The summed E-state index contributed by atoms with van der Waals surface area (Å²) in [4.78, 5) is 4.09. The number of hydrogen-bond donors (Lipinski definition) is 2. The number of anilines is 1. The van der Waals surface area contributed by atoms with Gasteiger partial charge in [0.15, 0.2) is 0 Å². The van der Waals surface area contributed by atoms with Gasteiger partial charge in [-0.3, -0.25) is 0 Å². The Balaban J connectivity index is 2.20. The minimum absolute atomic E-state index is 0.573. The molecule has 1 atom stereocenters. The van der Waals surface area contributed by atoms with Crippen molar-refractivity contribution in [1.29, 1.82) is 0 Å². The molecule has 0 bridgehead atoms. The zero-order valence-electron chi connectivity index (χ0n) is 10.4. The van der Waals surface area contributed by atoms with E-state index in [0.717, 1.165) is 19.4 Å². The van der Waals surface area contributed by atoms with Gasteiger partial charge in [-0.15, -0.1) is 0 Å². The van der Waals surface area contributed by atoms with E-state index < -0.39 is 0 Å². The Morgan fingerprint density at radius 1 is 1.44 bits per heavy atom. The van der Waals surface area contributed by atoms with Crippen LogP contribution < -0.4 is 11.1 Å². The first kappa shape index (κ1) is 13.0. The second-order valence-corrected chi connectivity index (χ2v) is 4.34. The van der Waals surface area contributed by atoms with Gasteiger partial charge in [0, 0.05) is 12.2 Å². The predicted molar refractivity (Wildman–Crippen MR) is 69.3 cm³/mol. The van der Waals surface area contributed by atoms with Gasteiger partial charge in [-0.2, -0.15) is 0 Å². The molecular weight excluding hydrogens is 198 g/mol. The minimum atomic E-state index is 0.573. The van der Waals surface area contributed by atoms with Crippen molar-refractivity contribution in [3.8, 4) is 0 Å². The molecule has 1 aromatic heterocycles. The average molecular weight is 221 g/mol. The van der Waals surface area contributed by atoms with Gasteiger partial charge in [0.25, 0.3) is 0 Å². The molecule has 1 rings (SSSR count). The number of nitrogen functional groups attached to an aromatic ring is 1. The number of aromatic nitrogens is 1. The van der Waals surface area contributed by atoms with E-state index in [-0.39, 0.29) is 0 Å². The van der Waals surface area contributed by atoms with E-state index in [4.69, 9.17) is 5.73 Å². The zero-order valence-corrected chi connectivity index (χ0v) is 10.4. The summed E-state index contributed by atoms with van der Waals surface area (Å²) in [6, 6.07) is 4.50. The molecular formula is C13H23N3. The van der Waals surface area contributed by atoms with Crippen LogP contribution in [0.25, 0.3) is 0 Å². The fraction of sp³-hybridized carbons (Fsp3) is 0.615. The second kappa shape index (κ2) is 7.23. The molecule has 0 fully saturated rings. The minimum Gasteiger partial charge on any atom is -0.384 e. The van der Waals surface area contributed by atoms with Crippen molar-refractivity contribution in [1.82, 2.24) is 10.3 Å². The molecule has 0 radical (unpaired) electrons. The molecule has 0 aromatic carbocycles. The van der Waals surface area contributed by atoms with Gasteiger partial charge in [0.05, 0.1) is 0 Å². The molecule has 0 aliphatic carbocycles. The summed E-state index contributed by atoms with van der Waals surface area (Å²) in [5.74, 6) is 0.595. The average Bonchev–Trinajstić information content (AvgIpc) is 2.29. The third-order valence-corrected chi connectivity index (χ3v) is 2.74. The number of aryl methyl sites for hydroxylation is 1. The van der Waals surface area contributed by atoms with Gasteiger partial charge in [0.1, 0.15) is 5.82 Å². The maximum Gasteiger partial charge on any atom is 0.123 e. The molecule has 16 heavy (non-hydrogen) atoms. The van der Waals surface area contributed by atoms with Gasteiger partial charge in [0.2, 0.25) is 0 Å². The van der Waals surface area contributed by atoms with Gasteiger partial charge < -0.3 is 11.1 Å². The third-order valence-electron chi connectivity index (χ3n) is 2.74. The monoisotopic (exact) mass is 221 g/mol. The smallest absolute Gasteiger partial charge is 0.123 e. The Morgan fingerprint density at radius 3 is 2.88 bits per heavy atom. The quantitative estimate of drug-likeness (QED) is 0.695. The summed E-state index contributed by atoms with van der Waals surface area (Å²) in [6.07, 6.45) is 6.59. The highest BCUT2D eigenvalue weighted by Gasteiger charge is 2.01. The molecule has 0 saturated heterocycles. The van der Waals surface area contributed by atoms with Crippen LogP contribution in [0.1, 0.15) is 38.7 Å². The lowest BCUT2D eigenvalue weighted by Gasteiger charge is -2.13. The van der Waals surface area contributed by atoms with Crippen molar-refractivity contribution in [2.45, 2.75) is 45.6 Å². The van der Waals surface area contributed by atoms with E-state index in [1.165, 1.54) is 18.4 Å². The van der Waals surface area contributed by atoms with Crippen molar-refractivity contribution in [2.75, 3.05) is 12.3 Å². The molecule has 0 spiro atoms. The lowest BCUT2D eigenvalue weighted by molar-refractivity contribution is 0.504. The van der Waals surface area contributed by atoms with Gasteiger partial charge in [-0.05, 0) is 44.4 Å². The lowest BCUT2D eigenvalue weighted by Crippen LogP contribution is -2.27. The molecule has 0 saturated carbocycles. The van der Waals surface area contributed by atoms with Gasteiger partial charge >= 0.3 is 0 Å². The summed E-state index contributed by atoms with van der Waals surface area (Å²) < 4.78 is 0. The van der Waals surface area contributed by atoms with Crippen LogP contribution in [0.4, 0.5) is 5.82 Å². The molecule has 3 N–H and O–H groups in total. The molecule has 0 amide bonds. The number of nitrogens with zero attached hydrogens (tertiary/aromatic N) is 1. The van der Waals surface area contributed by atoms with E-state index in [1.807, 2.05) is 12.3 Å². The SMILES string of the molecule is CCCCNC(C)CCc1ccc(N)nc1. The molecule has 90 valence electrons. The Hall–Kier alpha value is -1.09. The van der Waals surface area contributed by atoms with Crippen LogP contribution in [-0.2, 0) is 6.42 Å². The Kier molecular flexibility index (Phi) is 5.86. The predicted octanol–water partition coefficient (Wildman–Crippen LogP) is 2.37. The van der Waals surface area contributed by atoms with Gasteiger partial charge in [-0.1, -0.05) is 19.4 Å². The summed E-state index contributed by atoms with van der Waals surface area (Å²) in [5.41, 5.74) is 6.80. The Morgan fingerprint density at radius 2 is 2.25 bits per heavy atom. The number of pyridine rings is 1. The topological polar surface area (TPSA) is 50.9 Å². The Bertz CT molecular complexity index is 282. The third kappa shape index (κ3) is 5.12. The number of nitrogens with two attached hydrogens (primary N) is 1. The van der Waals surface area contributed by atoms with E-state index in [1.54, 1.807) is 0 Å². The largest absolute Gasteiger partial charge is 0.384 e. The van der Waals surface area contributed by atoms with E-state index >= 15 is 0 Å². The first-order valence-corrected chi connectivity index (χ1v) is 6.16. The van der Waals surface area contributed by atoms with E-state index in [9.17, 15) is 0 Å². The number of rotatable bonds is 7. The maximum absolute atomic E-state index is 5.54. The molecule has 0 aliphatic rings. The highest BCUT2D eigenvalue weighted by Crippen LogP contribution is 2.06. The summed E-state index contributed by atoms with van der Waals surface area (Å²) in [6.45, 7) is 5.57. The molecule has 3 nitrogen and oxygen atoms in total. The highest BCUT2D eigenvalue weighted by molar-refractivity contribution is 5.29. The molecule has 1 heterocycles. The maximum atomic E-state index is 5.54. The Labute approximate surface area is 98.5 Å². The van der Waals surface area contributed by atoms with Crippen molar-refractivity contribution in [2.24, 2.45) is 0 Å². The molecule has 0 aliphatic heterocycles. The van der Waals surface area contributed by atoms with Crippen molar-refractivity contribution >= 4 is 5.82 Å². The van der Waals surface area contributed by atoms with Crippen molar-refractivity contribution < 1.29 is 0 Å². The second-order valence-electron chi connectivity index (χ2n) is 4.34. The fourth-order valence-electron chi connectivity index (χ4n) is 1.59. The highest BCUT2D eigenvalue weighted by atomic mass is 14.9. The lowest BCUT2D eigenvalue weighted by atomic mass is 10.1.